The minimum absolute atomic E-state index is 0.0703. The summed E-state index contributed by atoms with van der Waals surface area (Å²) in [5.74, 6) is -0.958. The maximum Gasteiger partial charge on any atom is 0.273 e. The van der Waals surface area contributed by atoms with Gasteiger partial charge in [-0.2, -0.15) is 0 Å². The number of halogens is 2. The van der Waals surface area contributed by atoms with Crippen LogP contribution in [-0.4, -0.2) is 56.3 Å². The second-order valence-corrected chi connectivity index (χ2v) is 14.8. The van der Waals surface area contributed by atoms with Gasteiger partial charge in [-0.3, -0.25) is 24.0 Å². The highest BCUT2D eigenvalue weighted by Crippen LogP contribution is 2.36. The van der Waals surface area contributed by atoms with Crippen molar-refractivity contribution in [2.75, 3.05) is 24.5 Å². The van der Waals surface area contributed by atoms with Gasteiger partial charge in [0.15, 0.2) is 0 Å². The van der Waals surface area contributed by atoms with Crippen LogP contribution in [0.5, 0.6) is 5.75 Å². The number of nitrogens with zero attached hydrogens (tertiary/aromatic N) is 3. The van der Waals surface area contributed by atoms with Crippen molar-refractivity contribution in [1.29, 1.82) is 0 Å². The summed E-state index contributed by atoms with van der Waals surface area (Å²) in [4.78, 5) is 40.6. The van der Waals surface area contributed by atoms with Gasteiger partial charge in [-0.15, -0.1) is 0 Å². The summed E-state index contributed by atoms with van der Waals surface area (Å²) in [7, 11) is -3.35. The third kappa shape index (κ3) is 9.52. The molecule has 0 aromatic heterocycles. The van der Waals surface area contributed by atoms with Crippen molar-refractivity contribution in [3.05, 3.63) is 128 Å². The molecule has 1 unspecified atom stereocenters. The molecule has 0 bridgehead atoms. The number of anilines is 1. The molecule has 4 aromatic carbocycles. The molecule has 0 spiro atoms. The van der Waals surface area contributed by atoms with Crippen molar-refractivity contribution in [3.8, 4) is 5.75 Å². The molecule has 0 saturated carbocycles. The lowest BCUT2D eigenvalue weighted by Crippen LogP contribution is -2.53. The Bertz CT molecular complexity index is 1940. The van der Waals surface area contributed by atoms with E-state index in [4.69, 9.17) is 27.9 Å². The van der Waals surface area contributed by atoms with E-state index in [2.05, 4.69) is 5.32 Å². The average Bonchev–Trinajstić information content (AvgIpc) is 3.08. The lowest BCUT2D eigenvalue weighted by molar-refractivity contribution is -0.385. The molecule has 11 nitrogen and oxygen atoms in total. The second-order valence-electron chi connectivity index (χ2n) is 12.0. The Morgan fingerprint density at radius 1 is 0.920 bits per heavy atom. The predicted molar refractivity (Wildman–Crippen MR) is 194 cm³/mol. The minimum atomic E-state index is -4.68. The van der Waals surface area contributed by atoms with Crippen LogP contribution in [0.2, 0.25) is 10.0 Å². The number of rotatable bonds is 15. The summed E-state index contributed by atoms with van der Waals surface area (Å²) >= 11 is 12.5. The molecule has 14 heteroatoms. The molecule has 50 heavy (non-hydrogen) atoms. The van der Waals surface area contributed by atoms with Crippen LogP contribution in [0.1, 0.15) is 30.5 Å². The maximum absolute atomic E-state index is 14.7. The monoisotopic (exact) mass is 740 g/mol. The smallest absolute Gasteiger partial charge is 0.273 e. The summed E-state index contributed by atoms with van der Waals surface area (Å²) < 4.78 is 35.2. The van der Waals surface area contributed by atoms with Crippen molar-refractivity contribution in [3.63, 3.8) is 0 Å². The largest absolute Gasteiger partial charge is 0.495 e. The highest BCUT2D eigenvalue weighted by Gasteiger charge is 2.36. The van der Waals surface area contributed by atoms with Crippen LogP contribution in [0.4, 0.5) is 11.4 Å². The Labute approximate surface area is 302 Å². The molecule has 2 amide bonds. The molecule has 0 saturated heterocycles. The Hall–Kier alpha value is -4.65. The van der Waals surface area contributed by atoms with E-state index in [9.17, 15) is 28.1 Å². The van der Waals surface area contributed by atoms with E-state index < -0.39 is 49.9 Å². The van der Waals surface area contributed by atoms with Crippen molar-refractivity contribution >= 4 is 56.4 Å². The molecule has 0 aliphatic heterocycles. The van der Waals surface area contributed by atoms with Crippen LogP contribution in [0.25, 0.3) is 0 Å². The zero-order chi connectivity index (χ0) is 36.6. The van der Waals surface area contributed by atoms with Gasteiger partial charge in [-0.05, 0) is 60.4 Å². The van der Waals surface area contributed by atoms with Gasteiger partial charge in [0.2, 0.25) is 11.8 Å². The van der Waals surface area contributed by atoms with Gasteiger partial charge in [-0.1, -0.05) is 85.6 Å². The minimum Gasteiger partial charge on any atom is -0.495 e. The SMILES string of the molecule is COc1ccc(Cl)cc1N(CC(=O)N(Cc1ccc(Cl)cc1)C(Cc1ccccc1)C(=O)NCC(C)C)S(=O)(=O)c1ccc(C)c([N+](=O)[O-])c1. The predicted octanol–water partition coefficient (Wildman–Crippen LogP) is 6.83. The van der Waals surface area contributed by atoms with Gasteiger partial charge in [0, 0.05) is 41.2 Å². The molecule has 0 aliphatic rings. The number of hydrogen-bond acceptors (Lipinski definition) is 7. The van der Waals surface area contributed by atoms with Crippen LogP contribution in [-0.2, 0) is 32.6 Å². The van der Waals surface area contributed by atoms with E-state index in [0.717, 1.165) is 15.9 Å². The van der Waals surface area contributed by atoms with Gasteiger partial charge in [0.25, 0.3) is 15.7 Å². The summed E-state index contributed by atoms with van der Waals surface area (Å²) in [5.41, 5.74) is 1.18. The van der Waals surface area contributed by atoms with E-state index in [-0.39, 0.29) is 40.9 Å². The fraction of sp³-hybridized carbons (Fsp3) is 0.278. The van der Waals surface area contributed by atoms with Crippen molar-refractivity contribution in [2.24, 2.45) is 5.92 Å². The van der Waals surface area contributed by atoms with Crippen molar-refractivity contribution in [1.82, 2.24) is 10.2 Å². The number of aryl methyl sites for hydroxylation is 1. The number of carbonyl (C=O) groups excluding carboxylic acids is 2. The number of benzene rings is 4. The number of nitrogens with one attached hydrogen (secondary N) is 1. The van der Waals surface area contributed by atoms with Crippen LogP contribution in [0.3, 0.4) is 0 Å². The normalized spacial score (nSPS) is 11.9. The first-order valence-electron chi connectivity index (χ1n) is 15.7. The first-order chi connectivity index (χ1) is 23.7. The summed E-state index contributed by atoms with van der Waals surface area (Å²) in [6, 6.07) is 22.6. The van der Waals surface area contributed by atoms with Gasteiger partial charge >= 0.3 is 0 Å². The van der Waals surface area contributed by atoms with Gasteiger partial charge in [0.05, 0.1) is 22.6 Å². The maximum atomic E-state index is 14.7. The Balaban J connectivity index is 1.88. The van der Waals surface area contributed by atoms with E-state index in [1.807, 2.05) is 44.2 Å². The number of ether oxygens (including phenoxy) is 1. The number of amides is 2. The van der Waals surface area contributed by atoms with Gasteiger partial charge in [-0.25, -0.2) is 8.42 Å². The molecule has 4 aromatic rings. The quantitative estimate of drug-likeness (QED) is 0.104. The molecule has 0 heterocycles. The third-order valence-corrected chi connectivity index (χ3v) is 10.1. The van der Waals surface area contributed by atoms with Gasteiger partial charge < -0.3 is 15.0 Å². The number of sulfonamides is 1. The molecule has 1 atom stereocenters. The zero-order valence-corrected chi connectivity index (χ0v) is 30.3. The van der Waals surface area contributed by atoms with Crippen LogP contribution in [0.15, 0.2) is 95.9 Å². The topological polar surface area (TPSA) is 139 Å². The zero-order valence-electron chi connectivity index (χ0n) is 28.0. The molecule has 4 rings (SSSR count). The summed E-state index contributed by atoms with van der Waals surface area (Å²) in [6.45, 7) is 4.84. The first-order valence-corrected chi connectivity index (χ1v) is 17.9. The number of nitro benzene ring substituents is 1. The van der Waals surface area contributed by atoms with Crippen LogP contribution >= 0.6 is 23.2 Å². The van der Waals surface area contributed by atoms with E-state index in [0.29, 0.717) is 17.1 Å². The molecule has 0 aliphatic carbocycles. The molecule has 0 fully saturated rings. The standard InChI is InChI=1S/C36H38Cl2N4O7S/c1-24(2)21-39-36(44)33(18-26-8-6-5-7-9-26)40(22-27-11-13-28(37)14-12-27)35(43)23-41(32-19-29(38)15-17-34(32)49-4)50(47,48)30-16-10-25(3)31(20-30)42(45)46/h5-17,19-20,24,33H,18,21-23H2,1-4H3,(H,39,44). The Kier molecular flexibility index (Phi) is 12.9. The number of nitro groups is 1. The van der Waals surface area contributed by atoms with Gasteiger partial charge in [0.1, 0.15) is 18.3 Å². The van der Waals surface area contributed by atoms with E-state index in [1.54, 1.807) is 24.3 Å². The highest BCUT2D eigenvalue weighted by molar-refractivity contribution is 7.92. The molecular formula is C36H38Cl2N4O7S. The fourth-order valence-electron chi connectivity index (χ4n) is 5.21. The van der Waals surface area contributed by atoms with Crippen molar-refractivity contribution in [2.45, 2.75) is 44.7 Å². The first kappa shape index (κ1) is 38.2. The molecular weight excluding hydrogens is 703 g/mol. The Morgan fingerprint density at radius 3 is 2.20 bits per heavy atom. The molecule has 0 radical (unpaired) electrons. The fourth-order valence-corrected chi connectivity index (χ4v) is 6.94. The Morgan fingerprint density at radius 2 is 1.58 bits per heavy atom. The average molecular weight is 742 g/mol. The number of carbonyl (C=O) groups is 2. The molecule has 264 valence electrons. The highest BCUT2D eigenvalue weighted by atomic mass is 35.5. The second kappa shape index (κ2) is 16.8. The van der Waals surface area contributed by atoms with Crippen molar-refractivity contribution < 1.29 is 27.7 Å². The third-order valence-electron chi connectivity index (χ3n) is 7.88. The summed E-state index contributed by atoms with van der Waals surface area (Å²) in [6.07, 6.45) is 0.126. The van der Waals surface area contributed by atoms with Crippen LogP contribution < -0.4 is 14.4 Å². The number of hydrogen-bond donors (Lipinski definition) is 1. The van der Waals surface area contributed by atoms with E-state index in [1.165, 1.54) is 49.3 Å². The molecule has 1 N–H and O–H groups in total. The van der Waals surface area contributed by atoms with E-state index >= 15 is 0 Å². The lowest BCUT2D eigenvalue weighted by atomic mass is 10.0. The van der Waals surface area contributed by atoms with Crippen LogP contribution in [0, 0.1) is 23.0 Å². The lowest BCUT2D eigenvalue weighted by Gasteiger charge is -2.34. The summed E-state index contributed by atoms with van der Waals surface area (Å²) in [5, 5.41) is 15.3. The number of methoxy groups -OCH3 is 1.